The molecule has 2 aromatic heterocycles. The highest BCUT2D eigenvalue weighted by Crippen LogP contribution is 2.40. The lowest BCUT2D eigenvalue weighted by atomic mass is 9.90. The molecule has 3 heterocycles. The van der Waals surface area contributed by atoms with Gasteiger partial charge in [-0.05, 0) is 77.6 Å². The summed E-state index contributed by atoms with van der Waals surface area (Å²) in [5, 5.41) is 4.45. The van der Waals surface area contributed by atoms with E-state index in [-0.39, 0.29) is 36.3 Å². The van der Waals surface area contributed by atoms with Gasteiger partial charge < -0.3 is 19.1 Å². The molecule has 8 nitrogen and oxygen atoms in total. The maximum absolute atomic E-state index is 14.1. The quantitative estimate of drug-likeness (QED) is 0.229. The Morgan fingerprint density at radius 3 is 2.50 bits per heavy atom. The van der Waals surface area contributed by atoms with Crippen molar-refractivity contribution in [2.24, 2.45) is 0 Å². The zero-order chi connectivity index (χ0) is 32.4. The molecule has 3 aromatic rings. The monoisotopic (exact) mass is 606 g/mol. The van der Waals surface area contributed by atoms with Crippen LogP contribution in [0.25, 0.3) is 17.2 Å². The van der Waals surface area contributed by atoms with E-state index in [1.54, 1.807) is 6.20 Å². The maximum atomic E-state index is 14.1. The minimum absolute atomic E-state index is 0.0876. The third-order valence-corrected chi connectivity index (χ3v) is 7.49. The molecule has 44 heavy (non-hydrogen) atoms. The summed E-state index contributed by atoms with van der Waals surface area (Å²) >= 11 is 0. The Labute approximate surface area is 261 Å². The number of anilines is 2. The van der Waals surface area contributed by atoms with Crippen LogP contribution in [0.15, 0.2) is 42.6 Å². The molecule has 1 aliphatic heterocycles. The van der Waals surface area contributed by atoms with Crippen LogP contribution in [0.1, 0.15) is 91.0 Å². The number of pyridine rings is 1. The number of esters is 1. The highest BCUT2D eigenvalue weighted by molar-refractivity contribution is 5.84. The first-order chi connectivity index (χ1) is 20.6. The van der Waals surface area contributed by atoms with Gasteiger partial charge in [0, 0.05) is 37.2 Å². The van der Waals surface area contributed by atoms with Crippen LogP contribution in [0.2, 0.25) is 0 Å². The second kappa shape index (κ2) is 13.2. The van der Waals surface area contributed by atoms with Crippen molar-refractivity contribution in [3.8, 4) is 11.1 Å². The summed E-state index contributed by atoms with van der Waals surface area (Å²) in [5.41, 5.74) is 4.11. The molecule has 0 N–H and O–H groups in total. The number of carbonyl (C=O) groups is 1. The summed E-state index contributed by atoms with van der Waals surface area (Å²) in [6.07, 6.45) is 5.84. The van der Waals surface area contributed by atoms with E-state index in [0.29, 0.717) is 6.42 Å². The SMILES string of the molecule is CCn1nccc1N(C)c1nc(C(C)C)c(/C=C/[C@@H]2C[C@H](CC(=O)OC(C)(C)C)OC(C)(C)O2)c(-c2ccc(F)cc2)c1C. The van der Waals surface area contributed by atoms with Crippen molar-refractivity contribution in [1.82, 2.24) is 14.8 Å². The lowest BCUT2D eigenvalue weighted by Gasteiger charge is -2.40. The van der Waals surface area contributed by atoms with E-state index >= 15 is 0 Å². The number of aromatic nitrogens is 3. The van der Waals surface area contributed by atoms with E-state index in [9.17, 15) is 9.18 Å². The van der Waals surface area contributed by atoms with Crippen LogP contribution < -0.4 is 4.90 Å². The molecule has 4 rings (SSSR count). The zero-order valence-electron chi connectivity index (χ0n) is 27.8. The normalized spacial score (nSPS) is 18.6. The number of benzene rings is 1. The second-order valence-corrected chi connectivity index (χ2v) is 13.1. The molecule has 0 unspecified atom stereocenters. The third-order valence-electron chi connectivity index (χ3n) is 7.49. The number of rotatable bonds is 9. The predicted octanol–water partition coefficient (Wildman–Crippen LogP) is 7.96. The summed E-state index contributed by atoms with van der Waals surface area (Å²) < 4.78 is 33.9. The fourth-order valence-electron chi connectivity index (χ4n) is 5.75. The highest BCUT2D eigenvalue weighted by atomic mass is 19.1. The molecule has 238 valence electrons. The molecule has 0 bridgehead atoms. The summed E-state index contributed by atoms with van der Waals surface area (Å²) in [7, 11) is 2.00. The van der Waals surface area contributed by atoms with Crippen LogP contribution in [0, 0.1) is 12.7 Å². The van der Waals surface area contributed by atoms with E-state index in [2.05, 4.69) is 43.8 Å². The van der Waals surface area contributed by atoms with Crippen LogP contribution in [0.3, 0.4) is 0 Å². The van der Waals surface area contributed by atoms with Gasteiger partial charge in [-0.25, -0.2) is 14.1 Å². The van der Waals surface area contributed by atoms with E-state index < -0.39 is 11.4 Å². The molecule has 1 fully saturated rings. The summed E-state index contributed by atoms with van der Waals surface area (Å²) in [6, 6.07) is 8.56. The molecular weight excluding hydrogens is 559 g/mol. The van der Waals surface area contributed by atoms with Crippen molar-refractivity contribution in [3.05, 3.63) is 65.2 Å². The topological polar surface area (TPSA) is 78.7 Å². The maximum Gasteiger partial charge on any atom is 0.308 e. The number of hydrogen-bond acceptors (Lipinski definition) is 7. The molecule has 0 amide bonds. The van der Waals surface area contributed by atoms with Crippen LogP contribution in [0.4, 0.5) is 16.0 Å². The standard InChI is InChI=1S/C35H47FN4O4/c1-11-40-29(18-19-37-40)39(10)33-23(4)31(24-12-14-25(36)15-13-24)28(32(38-33)22(2)3)17-16-26-20-27(43-35(8,9)42-26)21-30(41)44-34(5,6)7/h12-19,22,26-27H,11,20-21H2,1-10H3/b17-16+/t26-,27-/m1/s1. The van der Waals surface area contributed by atoms with Crippen LogP contribution in [-0.2, 0) is 25.5 Å². The van der Waals surface area contributed by atoms with Crippen LogP contribution in [0.5, 0.6) is 0 Å². The second-order valence-electron chi connectivity index (χ2n) is 13.1. The van der Waals surface area contributed by atoms with Gasteiger partial charge >= 0.3 is 5.97 Å². The third kappa shape index (κ3) is 7.93. The van der Waals surface area contributed by atoms with Gasteiger partial charge in [0.2, 0.25) is 0 Å². The first kappa shape index (κ1) is 33.3. The Morgan fingerprint density at radius 2 is 1.89 bits per heavy atom. The molecule has 1 saturated heterocycles. The molecule has 0 radical (unpaired) electrons. The fraction of sp³-hybridized carbons (Fsp3) is 0.514. The Balaban J connectivity index is 1.78. The minimum Gasteiger partial charge on any atom is -0.460 e. The Kier molecular flexibility index (Phi) is 10.0. The van der Waals surface area contributed by atoms with Crippen molar-refractivity contribution in [3.63, 3.8) is 0 Å². The molecule has 1 aromatic carbocycles. The van der Waals surface area contributed by atoms with E-state index in [1.165, 1.54) is 12.1 Å². The van der Waals surface area contributed by atoms with Crippen LogP contribution >= 0.6 is 0 Å². The van der Waals surface area contributed by atoms with Crippen molar-refractivity contribution >= 4 is 23.7 Å². The number of ether oxygens (including phenoxy) is 3. The number of aryl methyl sites for hydroxylation is 1. The average molecular weight is 607 g/mol. The number of carbonyl (C=O) groups excluding carboxylic acids is 1. The van der Waals surface area contributed by atoms with Crippen molar-refractivity contribution in [1.29, 1.82) is 0 Å². The zero-order valence-corrected chi connectivity index (χ0v) is 27.8. The summed E-state index contributed by atoms with van der Waals surface area (Å²) in [6.45, 7) is 18.4. The van der Waals surface area contributed by atoms with Crippen molar-refractivity contribution < 1.29 is 23.4 Å². The van der Waals surface area contributed by atoms with Crippen molar-refractivity contribution in [2.45, 2.75) is 111 Å². The first-order valence-electron chi connectivity index (χ1n) is 15.4. The van der Waals surface area contributed by atoms with Gasteiger partial charge in [0.25, 0.3) is 0 Å². The molecule has 2 atom stereocenters. The molecular formula is C35H47FN4O4. The summed E-state index contributed by atoms with van der Waals surface area (Å²) in [4.78, 5) is 19.9. The van der Waals surface area contributed by atoms with Gasteiger partial charge in [-0.3, -0.25) is 4.79 Å². The van der Waals surface area contributed by atoms with Crippen molar-refractivity contribution in [2.75, 3.05) is 11.9 Å². The van der Waals surface area contributed by atoms with Gasteiger partial charge in [-0.1, -0.05) is 38.1 Å². The Bertz CT molecular complexity index is 1490. The first-order valence-corrected chi connectivity index (χ1v) is 15.4. The number of halogens is 1. The largest absolute Gasteiger partial charge is 0.460 e. The van der Waals surface area contributed by atoms with E-state index in [0.717, 1.165) is 46.1 Å². The Morgan fingerprint density at radius 1 is 1.20 bits per heavy atom. The van der Waals surface area contributed by atoms with Gasteiger partial charge in [-0.2, -0.15) is 5.10 Å². The molecule has 0 saturated carbocycles. The minimum atomic E-state index is -0.885. The van der Waals surface area contributed by atoms with E-state index in [1.807, 2.05) is 70.6 Å². The number of nitrogens with zero attached hydrogens (tertiary/aromatic N) is 4. The molecule has 9 heteroatoms. The van der Waals surface area contributed by atoms with Crippen LogP contribution in [-0.4, -0.2) is 51.4 Å². The van der Waals surface area contributed by atoms with Gasteiger partial charge in [0.05, 0.1) is 30.5 Å². The predicted molar refractivity (Wildman–Crippen MR) is 172 cm³/mol. The lowest BCUT2D eigenvalue weighted by molar-refractivity contribution is -0.290. The average Bonchev–Trinajstić information content (AvgIpc) is 3.39. The highest BCUT2D eigenvalue weighted by Gasteiger charge is 2.36. The van der Waals surface area contributed by atoms with Gasteiger partial charge in [-0.15, -0.1) is 0 Å². The molecule has 0 aliphatic carbocycles. The van der Waals surface area contributed by atoms with Gasteiger partial charge in [0.1, 0.15) is 23.1 Å². The van der Waals surface area contributed by atoms with E-state index in [4.69, 9.17) is 19.2 Å². The lowest BCUT2D eigenvalue weighted by Crippen LogP contribution is -2.45. The summed E-state index contributed by atoms with van der Waals surface area (Å²) in [5.74, 6) is 0.349. The molecule has 0 spiro atoms. The molecule has 1 aliphatic rings. The number of hydrogen-bond donors (Lipinski definition) is 0. The van der Waals surface area contributed by atoms with Gasteiger partial charge in [0.15, 0.2) is 5.79 Å². The fourth-order valence-corrected chi connectivity index (χ4v) is 5.75. The smallest absolute Gasteiger partial charge is 0.308 e. The Hall–Kier alpha value is -3.56.